The van der Waals surface area contributed by atoms with Gasteiger partial charge in [-0.15, -0.1) is 12.4 Å². The van der Waals surface area contributed by atoms with Crippen molar-refractivity contribution < 1.29 is 14.4 Å². The van der Waals surface area contributed by atoms with E-state index in [1.807, 2.05) is 18.2 Å². The number of piperidine rings is 1. The Morgan fingerprint density at radius 1 is 1.00 bits per heavy atom. The number of benzene rings is 2. The summed E-state index contributed by atoms with van der Waals surface area (Å²) in [5.74, 6) is -0.900. The Hall–Kier alpha value is -2.67. The van der Waals surface area contributed by atoms with Gasteiger partial charge in [0.25, 0.3) is 5.91 Å². The zero-order chi connectivity index (χ0) is 22.2. The molecule has 3 heterocycles. The Balaban J connectivity index is 0.00000259. The van der Waals surface area contributed by atoms with Crippen molar-refractivity contribution in [2.24, 2.45) is 0 Å². The van der Waals surface area contributed by atoms with Gasteiger partial charge in [-0.25, -0.2) is 0 Å². The molecule has 5 rings (SSSR count). The van der Waals surface area contributed by atoms with E-state index in [0.717, 1.165) is 37.2 Å². The van der Waals surface area contributed by atoms with Crippen molar-refractivity contribution in [3.63, 3.8) is 0 Å². The fraction of sp³-hybridized carbons (Fsp3) is 0.320. The Labute approximate surface area is 204 Å². The molecule has 33 heavy (non-hydrogen) atoms. The molecule has 2 aromatic rings. The van der Waals surface area contributed by atoms with Crippen molar-refractivity contribution in [2.75, 3.05) is 13.1 Å². The Morgan fingerprint density at radius 3 is 2.45 bits per heavy atom. The third-order valence-electron chi connectivity index (χ3n) is 6.54. The fourth-order valence-electron chi connectivity index (χ4n) is 4.79. The molecule has 1 atom stereocenters. The van der Waals surface area contributed by atoms with E-state index in [4.69, 9.17) is 11.6 Å². The lowest BCUT2D eigenvalue weighted by Gasteiger charge is -2.29. The number of carbonyl (C=O) groups excluding carboxylic acids is 3. The lowest BCUT2D eigenvalue weighted by molar-refractivity contribution is -0.136. The first-order chi connectivity index (χ1) is 15.5. The molecular formula is C25H25Cl2N3O3. The lowest BCUT2D eigenvalue weighted by Crippen LogP contribution is -2.52. The minimum Gasteiger partial charge on any atom is -0.322 e. The van der Waals surface area contributed by atoms with Gasteiger partial charge in [0.1, 0.15) is 6.04 Å². The first-order valence-corrected chi connectivity index (χ1v) is 11.3. The summed E-state index contributed by atoms with van der Waals surface area (Å²) < 4.78 is 0. The van der Waals surface area contributed by atoms with Crippen LogP contribution in [0.15, 0.2) is 48.5 Å². The molecule has 6 nitrogen and oxygen atoms in total. The summed E-state index contributed by atoms with van der Waals surface area (Å²) in [4.78, 5) is 40.6. The predicted molar refractivity (Wildman–Crippen MR) is 129 cm³/mol. The molecule has 3 amide bonds. The summed E-state index contributed by atoms with van der Waals surface area (Å²) in [6.45, 7) is 2.99. The molecule has 0 saturated carbocycles. The number of imide groups is 1. The number of fused-ring (bicyclic) bond motifs is 1. The maximum absolute atomic E-state index is 13.0. The van der Waals surface area contributed by atoms with E-state index in [2.05, 4.69) is 40.6 Å². The van der Waals surface area contributed by atoms with Gasteiger partial charge >= 0.3 is 0 Å². The Bertz CT molecular complexity index is 1130. The largest absolute Gasteiger partial charge is 0.322 e. The van der Waals surface area contributed by atoms with Crippen molar-refractivity contribution in [3.8, 4) is 0 Å². The molecule has 2 aromatic carbocycles. The smallest absolute Gasteiger partial charge is 0.255 e. The molecular weight excluding hydrogens is 461 g/mol. The van der Waals surface area contributed by atoms with Gasteiger partial charge in [0, 0.05) is 43.7 Å². The molecule has 1 saturated heterocycles. The Morgan fingerprint density at radius 2 is 1.76 bits per heavy atom. The first-order valence-electron chi connectivity index (χ1n) is 10.9. The van der Waals surface area contributed by atoms with E-state index in [0.29, 0.717) is 23.6 Å². The number of hydrogen-bond acceptors (Lipinski definition) is 4. The highest BCUT2D eigenvalue weighted by atomic mass is 35.5. The van der Waals surface area contributed by atoms with Crippen molar-refractivity contribution in [2.45, 2.75) is 38.4 Å². The molecule has 0 aromatic heterocycles. The molecule has 0 bridgehead atoms. The van der Waals surface area contributed by atoms with Gasteiger partial charge in [0.2, 0.25) is 11.8 Å². The summed E-state index contributed by atoms with van der Waals surface area (Å²) in [7, 11) is 0. The topological polar surface area (TPSA) is 69.7 Å². The summed E-state index contributed by atoms with van der Waals surface area (Å²) in [6, 6.07) is 13.5. The molecule has 1 N–H and O–H groups in total. The number of amides is 3. The standard InChI is InChI=1S/C25H24ClN3O3.ClH/c26-23-18(17-10-12-28(13-11-17)14-16-4-2-1-3-5-16)6-7-19-20(23)15-29(25(19)32)21-8-9-22(30)27-24(21)31;/h1-7,10,21H,8-9,11-15H2,(H,27,30,31);1H. The number of halogens is 2. The van der Waals surface area contributed by atoms with Gasteiger partial charge in [-0.3, -0.25) is 24.6 Å². The van der Waals surface area contributed by atoms with Gasteiger partial charge in [-0.1, -0.05) is 54.1 Å². The molecule has 3 aliphatic heterocycles. The number of carbonyl (C=O) groups is 3. The molecule has 0 aliphatic carbocycles. The average Bonchev–Trinajstić information content (AvgIpc) is 3.13. The molecule has 172 valence electrons. The van der Waals surface area contributed by atoms with Crippen LogP contribution in [0.25, 0.3) is 5.57 Å². The van der Waals surface area contributed by atoms with Crippen LogP contribution < -0.4 is 5.32 Å². The minimum absolute atomic E-state index is 0. The van der Waals surface area contributed by atoms with Crippen LogP contribution in [-0.2, 0) is 22.7 Å². The third kappa shape index (κ3) is 4.56. The van der Waals surface area contributed by atoms with Crippen LogP contribution in [0.2, 0.25) is 5.02 Å². The van der Waals surface area contributed by atoms with E-state index in [-0.39, 0.29) is 30.6 Å². The van der Waals surface area contributed by atoms with Gasteiger partial charge in [-0.2, -0.15) is 0 Å². The molecule has 1 unspecified atom stereocenters. The van der Waals surface area contributed by atoms with Crippen LogP contribution in [0, 0.1) is 0 Å². The highest BCUT2D eigenvalue weighted by molar-refractivity contribution is 6.34. The van der Waals surface area contributed by atoms with Crippen LogP contribution in [0.1, 0.15) is 46.3 Å². The molecule has 8 heteroatoms. The van der Waals surface area contributed by atoms with Crippen molar-refractivity contribution in [1.82, 2.24) is 15.1 Å². The summed E-state index contributed by atoms with van der Waals surface area (Å²) >= 11 is 6.79. The van der Waals surface area contributed by atoms with Gasteiger partial charge in [-0.05, 0) is 35.6 Å². The number of rotatable bonds is 4. The zero-order valence-electron chi connectivity index (χ0n) is 18.1. The highest BCUT2D eigenvalue weighted by Gasteiger charge is 2.40. The molecule has 3 aliphatic rings. The van der Waals surface area contributed by atoms with E-state index in [9.17, 15) is 14.4 Å². The third-order valence-corrected chi connectivity index (χ3v) is 6.97. The highest BCUT2D eigenvalue weighted by Crippen LogP contribution is 2.38. The second-order valence-electron chi connectivity index (χ2n) is 8.55. The second-order valence-corrected chi connectivity index (χ2v) is 8.93. The van der Waals surface area contributed by atoms with Gasteiger partial charge in [0.05, 0.1) is 5.02 Å². The Kier molecular flexibility index (Phi) is 6.88. The number of nitrogens with zero attached hydrogens (tertiary/aromatic N) is 2. The van der Waals surface area contributed by atoms with Crippen LogP contribution >= 0.6 is 24.0 Å². The number of hydrogen-bond donors (Lipinski definition) is 1. The van der Waals surface area contributed by atoms with Crippen molar-refractivity contribution in [3.05, 3.63) is 75.8 Å². The fourth-order valence-corrected chi connectivity index (χ4v) is 5.14. The van der Waals surface area contributed by atoms with Crippen LogP contribution in [0.3, 0.4) is 0 Å². The van der Waals surface area contributed by atoms with E-state index < -0.39 is 11.9 Å². The minimum atomic E-state index is -0.632. The quantitative estimate of drug-likeness (QED) is 0.668. The van der Waals surface area contributed by atoms with Crippen molar-refractivity contribution >= 4 is 47.3 Å². The average molecular weight is 486 g/mol. The molecule has 0 spiro atoms. The summed E-state index contributed by atoms with van der Waals surface area (Å²) in [5, 5.41) is 2.93. The zero-order valence-corrected chi connectivity index (χ0v) is 19.6. The van der Waals surface area contributed by atoms with Crippen molar-refractivity contribution in [1.29, 1.82) is 0 Å². The van der Waals surface area contributed by atoms with E-state index >= 15 is 0 Å². The first kappa shape index (κ1) is 23.5. The lowest BCUT2D eigenvalue weighted by atomic mass is 9.95. The molecule has 0 radical (unpaired) electrons. The van der Waals surface area contributed by atoms with Crippen LogP contribution in [0.4, 0.5) is 0 Å². The second kappa shape index (κ2) is 9.67. The monoisotopic (exact) mass is 485 g/mol. The SMILES string of the molecule is Cl.O=C1CCC(N2Cc3c(ccc(C4=CCN(Cc5ccccc5)CC4)c3Cl)C2=O)C(=O)N1. The number of nitrogens with one attached hydrogen (secondary N) is 1. The maximum atomic E-state index is 13.0. The van der Waals surface area contributed by atoms with Gasteiger partial charge < -0.3 is 4.90 Å². The predicted octanol–water partition coefficient (Wildman–Crippen LogP) is 3.81. The summed E-state index contributed by atoms with van der Waals surface area (Å²) in [5.41, 5.74) is 4.76. The van der Waals surface area contributed by atoms with E-state index in [1.54, 1.807) is 4.90 Å². The summed E-state index contributed by atoms with van der Waals surface area (Å²) in [6.07, 6.45) is 3.68. The van der Waals surface area contributed by atoms with Gasteiger partial charge in [0.15, 0.2) is 0 Å². The maximum Gasteiger partial charge on any atom is 0.255 e. The van der Waals surface area contributed by atoms with E-state index in [1.165, 1.54) is 11.1 Å². The molecule has 1 fully saturated rings. The van der Waals surface area contributed by atoms with Crippen LogP contribution in [0.5, 0.6) is 0 Å². The van der Waals surface area contributed by atoms with Crippen LogP contribution in [-0.4, -0.2) is 46.7 Å². The normalized spacial score (nSPS) is 20.8.